The number of hydrogen-bond donors (Lipinski definition) is 0. The molecule has 1 aromatic rings. The molecule has 0 spiro atoms. The quantitative estimate of drug-likeness (QED) is 0.558. The molecule has 1 aromatic carbocycles. The summed E-state index contributed by atoms with van der Waals surface area (Å²) in [6.45, 7) is 1.32. The molecule has 1 atom stereocenters. The Bertz CT molecular complexity index is 828. The van der Waals surface area contributed by atoms with Crippen molar-refractivity contribution in [3.63, 3.8) is 0 Å². The van der Waals surface area contributed by atoms with Crippen LogP contribution in [0.15, 0.2) is 18.2 Å². The van der Waals surface area contributed by atoms with Gasteiger partial charge in [-0.3, -0.25) is 13.9 Å². The average molecular weight is 380 g/mol. The van der Waals surface area contributed by atoms with Crippen molar-refractivity contribution in [2.24, 2.45) is 0 Å². The third kappa shape index (κ3) is 4.36. The van der Waals surface area contributed by atoms with Crippen molar-refractivity contribution < 1.29 is 26.9 Å². The summed E-state index contributed by atoms with van der Waals surface area (Å²) in [5, 5.41) is 0. The summed E-state index contributed by atoms with van der Waals surface area (Å²) >= 11 is 0. The van der Waals surface area contributed by atoms with Gasteiger partial charge in [-0.1, -0.05) is 6.07 Å². The van der Waals surface area contributed by atoms with Crippen molar-refractivity contribution in [3.05, 3.63) is 29.3 Å². The summed E-state index contributed by atoms with van der Waals surface area (Å²) in [7, 11) is -2.01. The maximum Gasteiger partial charge on any atom is 0.414 e. The second-order valence-electron chi connectivity index (χ2n) is 6.60. The first kappa shape index (κ1) is 18.7. The first-order chi connectivity index (χ1) is 12.2. The van der Waals surface area contributed by atoms with E-state index in [9.17, 15) is 18.0 Å². The molecule has 8 nitrogen and oxygen atoms in total. The van der Waals surface area contributed by atoms with Crippen LogP contribution in [0.4, 0.5) is 15.3 Å². The summed E-state index contributed by atoms with van der Waals surface area (Å²) in [5.74, 6) is 0.0544. The number of ether oxygens (including phenoxy) is 1. The van der Waals surface area contributed by atoms with Crippen molar-refractivity contribution in [1.29, 1.82) is 0 Å². The molecule has 0 N–H and O–H groups in total. The Morgan fingerprint density at radius 3 is 2.85 bits per heavy atom. The molecule has 3 rings (SSSR count). The maximum absolute atomic E-state index is 12.1. The predicted molar refractivity (Wildman–Crippen MR) is 97.5 cm³/mol. The minimum Gasteiger partial charge on any atom is -0.441 e. The standard InChI is InChI=1S/C16H21BN2O6S/c1-26(22,23)24-10-14-9-19(16(21)25-14)13-5-4-12-8-18(15(17)20)6-2-3-11(12)7-13/h4-5,7,14H,2-3,6,8-10,17H2,1H3/t14-/m1/s1. The topological polar surface area (TPSA) is 93.2 Å². The number of carbonyl (C=O) groups is 2. The molecule has 2 aliphatic rings. The lowest BCUT2D eigenvalue weighted by atomic mass is 10.0. The minimum absolute atomic E-state index is 0.0544. The number of fused-ring (bicyclic) bond motifs is 1. The van der Waals surface area contributed by atoms with E-state index in [4.69, 9.17) is 8.92 Å². The van der Waals surface area contributed by atoms with Gasteiger partial charge in [-0.2, -0.15) is 8.42 Å². The van der Waals surface area contributed by atoms with E-state index in [1.807, 2.05) is 23.1 Å². The van der Waals surface area contributed by atoms with Crippen LogP contribution in [0.25, 0.3) is 0 Å². The summed E-state index contributed by atoms with van der Waals surface area (Å²) in [6.07, 6.45) is 1.50. The van der Waals surface area contributed by atoms with E-state index < -0.39 is 22.3 Å². The van der Waals surface area contributed by atoms with Crippen molar-refractivity contribution in [1.82, 2.24) is 4.90 Å². The van der Waals surface area contributed by atoms with Gasteiger partial charge in [-0.15, -0.1) is 0 Å². The Morgan fingerprint density at radius 2 is 2.15 bits per heavy atom. The second-order valence-corrected chi connectivity index (χ2v) is 8.25. The number of rotatable bonds is 4. The van der Waals surface area contributed by atoms with Gasteiger partial charge in [-0.05, 0) is 36.1 Å². The normalized spacial score (nSPS) is 20.5. The molecule has 0 aliphatic carbocycles. The minimum atomic E-state index is -3.58. The molecule has 140 valence electrons. The number of cyclic esters (lactones) is 1. The Kier molecular flexibility index (Phi) is 5.24. The van der Waals surface area contributed by atoms with Gasteiger partial charge in [0.2, 0.25) is 7.85 Å². The second kappa shape index (κ2) is 7.28. The van der Waals surface area contributed by atoms with Crippen LogP contribution < -0.4 is 4.90 Å². The van der Waals surface area contributed by atoms with Crippen LogP contribution in [0.1, 0.15) is 17.5 Å². The zero-order valence-corrected chi connectivity index (χ0v) is 15.6. The van der Waals surface area contributed by atoms with E-state index in [-0.39, 0.29) is 19.0 Å². The third-order valence-corrected chi connectivity index (χ3v) is 5.09. The van der Waals surface area contributed by atoms with Crippen LogP contribution in [0.3, 0.4) is 0 Å². The van der Waals surface area contributed by atoms with E-state index >= 15 is 0 Å². The first-order valence-corrected chi connectivity index (χ1v) is 10.2. The number of hydrogen-bond acceptors (Lipinski definition) is 6. The summed E-state index contributed by atoms with van der Waals surface area (Å²) in [5.41, 5.74) is 2.88. The van der Waals surface area contributed by atoms with Crippen LogP contribution in [0.2, 0.25) is 0 Å². The van der Waals surface area contributed by atoms with E-state index in [1.165, 1.54) is 4.90 Å². The fourth-order valence-electron chi connectivity index (χ4n) is 3.20. The van der Waals surface area contributed by atoms with E-state index in [0.29, 0.717) is 12.2 Å². The Morgan fingerprint density at radius 1 is 1.38 bits per heavy atom. The van der Waals surface area contributed by atoms with Gasteiger partial charge >= 0.3 is 6.09 Å². The molecule has 1 fully saturated rings. The lowest BCUT2D eigenvalue weighted by Gasteiger charge is -2.20. The Hall–Kier alpha value is -2.07. The lowest BCUT2D eigenvalue weighted by Crippen LogP contribution is -2.29. The molecule has 0 aromatic heterocycles. The molecular weight excluding hydrogens is 359 g/mol. The molecule has 0 saturated carbocycles. The number of anilines is 1. The number of carbonyl (C=O) groups excluding carboxylic acids is 2. The number of benzene rings is 1. The third-order valence-electron chi connectivity index (χ3n) is 4.52. The fraction of sp³-hybridized carbons (Fsp3) is 0.500. The molecule has 26 heavy (non-hydrogen) atoms. The number of nitrogens with zero attached hydrogens (tertiary/aromatic N) is 2. The van der Waals surface area contributed by atoms with Gasteiger partial charge in [0, 0.05) is 18.8 Å². The number of aryl methyl sites for hydroxylation is 1. The molecule has 2 heterocycles. The van der Waals surface area contributed by atoms with Crippen molar-refractivity contribution in [2.45, 2.75) is 25.5 Å². The van der Waals surface area contributed by atoms with Gasteiger partial charge in [0.1, 0.15) is 12.7 Å². The average Bonchev–Trinajstić information content (AvgIpc) is 2.79. The highest BCUT2D eigenvalue weighted by Gasteiger charge is 2.33. The zero-order chi connectivity index (χ0) is 18.9. The highest BCUT2D eigenvalue weighted by Crippen LogP contribution is 2.27. The van der Waals surface area contributed by atoms with Crippen molar-refractivity contribution in [2.75, 3.05) is 30.9 Å². The van der Waals surface area contributed by atoms with Gasteiger partial charge in [0.15, 0.2) is 5.81 Å². The molecule has 2 amide bonds. The molecule has 10 heteroatoms. The SMILES string of the molecule is BC(=O)N1CCCc2cc(N3C[C@H](COS(C)(=O)=O)OC3=O)ccc2C1. The van der Waals surface area contributed by atoms with Crippen molar-refractivity contribution in [3.8, 4) is 0 Å². The van der Waals surface area contributed by atoms with Crippen LogP contribution in [-0.2, 0) is 32.0 Å². The van der Waals surface area contributed by atoms with Crippen LogP contribution in [0.5, 0.6) is 0 Å². The Labute approximate surface area is 153 Å². The van der Waals surface area contributed by atoms with Crippen LogP contribution in [-0.4, -0.2) is 65.1 Å². The smallest absolute Gasteiger partial charge is 0.414 e. The largest absolute Gasteiger partial charge is 0.441 e. The van der Waals surface area contributed by atoms with Gasteiger partial charge in [0.25, 0.3) is 10.1 Å². The molecular formula is C16H21BN2O6S. The van der Waals surface area contributed by atoms with Gasteiger partial charge in [-0.25, -0.2) is 4.79 Å². The highest BCUT2D eigenvalue weighted by molar-refractivity contribution is 7.85. The van der Waals surface area contributed by atoms with Gasteiger partial charge in [0.05, 0.1) is 12.8 Å². The van der Waals surface area contributed by atoms with Crippen LogP contribution in [0, 0.1) is 0 Å². The van der Waals surface area contributed by atoms with Gasteiger partial charge < -0.3 is 9.64 Å². The van der Waals surface area contributed by atoms with Crippen molar-refractivity contribution >= 4 is 35.6 Å². The predicted octanol–water partition coefficient (Wildman–Crippen LogP) is 0.489. The highest BCUT2D eigenvalue weighted by atomic mass is 32.2. The molecule has 0 radical (unpaired) electrons. The van der Waals surface area contributed by atoms with E-state index in [2.05, 4.69) is 0 Å². The molecule has 0 unspecified atom stereocenters. The maximum atomic E-state index is 12.1. The first-order valence-electron chi connectivity index (χ1n) is 8.43. The zero-order valence-electron chi connectivity index (χ0n) is 14.8. The van der Waals surface area contributed by atoms with E-state index in [0.717, 1.165) is 36.8 Å². The summed E-state index contributed by atoms with van der Waals surface area (Å²) < 4.78 is 32.1. The molecule has 0 bridgehead atoms. The van der Waals surface area contributed by atoms with E-state index in [1.54, 1.807) is 7.85 Å². The number of amides is 2. The van der Waals surface area contributed by atoms with Crippen LogP contribution >= 0.6 is 0 Å². The fourth-order valence-corrected chi connectivity index (χ4v) is 3.60. The monoisotopic (exact) mass is 380 g/mol. The molecule has 2 aliphatic heterocycles. The summed E-state index contributed by atoms with van der Waals surface area (Å²) in [6, 6.07) is 5.70. The Balaban J connectivity index is 1.73. The summed E-state index contributed by atoms with van der Waals surface area (Å²) in [4.78, 5) is 27.1. The lowest BCUT2D eigenvalue weighted by molar-refractivity contribution is 0.107. The molecule has 1 saturated heterocycles.